The minimum atomic E-state index is -0.876. The topological polar surface area (TPSA) is 49.3 Å². The van der Waals surface area contributed by atoms with Gasteiger partial charge in [-0.15, -0.1) is 0 Å². The lowest BCUT2D eigenvalue weighted by Crippen LogP contribution is -2.27. The number of rotatable bonds is 5. The first-order chi connectivity index (χ1) is 8.65. The van der Waals surface area contributed by atoms with Crippen molar-refractivity contribution in [3.63, 3.8) is 0 Å². The third-order valence-electron chi connectivity index (χ3n) is 3.14. The molecule has 0 saturated heterocycles. The van der Waals surface area contributed by atoms with Crippen LogP contribution in [0.1, 0.15) is 24.3 Å². The first-order valence-corrected chi connectivity index (χ1v) is 5.97. The molecule has 1 saturated carbocycles. The lowest BCUT2D eigenvalue weighted by molar-refractivity contribution is -0.122. The van der Waals surface area contributed by atoms with Crippen LogP contribution in [-0.4, -0.2) is 24.2 Å². The maximum absolute atomic E-state index is 13.5. The van der Waals surface area contributed by atoms with Crippen LogP contribution in [0.3, 0.4) is 0 Å². The van der Waals surface area contributed by atoms with E-state index in [0.717, 1.165) is 6.07 Å². The lowest BCUT2D eigenvalue weighted by atomic mass is 10.1. The van der Waals surface area contributed by atoms with Crippen LogP contribution in [0.5, 0.6) is 0 Å². The predicted octanol–water partition coefficient (Wildman–Crippen LogP) is 1.57. The highest BCUT2D eigenvalue weighted by molar-refractivity contribution is 5.82. The number of hydrogen-bond donors (Lipinski definition) is 2. The fraction of sp³-hybridized carbons (Fsp3) is 0.462. The van der Waals surface area contributed by atoms with E-state index in [1.54, 1.807) is 0 Å². The Balaban J connectivity index is 1.94. The van der Waals surface area contributed by atoms with E-state index in [-0.39, 0.29) is 29.9 Å². The summed E-state index contributed by atoms with van der Waals surface area (Å²) in [6.45, 7) is 0.428. The number of nitrogens with one attached hydrogen (secondary N) is 1. The van der Waals surface area contributed by atoms with Gasteiger partial charge in [0, 0.05) is 19.1 Å². The fourth-order valence-electron chi connectivity index (χ4n) is 2.06. The molecular formula is C13H15F2NO2. The van der Waals surface area contributed by atoms with Gasteiger partial charge in [-0.05, 0) is 30.4 Å². The van der Waals surface area contributed by atoms with Gasteiger partial charge >= 0.3 is 0 Å². The molecule has 0 aromatic heterocycles. The van der Waals surface area contributed by atoms with Crippen molar-refractivity contribution < 1.29 is 18.7 Å². The Labute approximate surface area is 104 Å². The summed E-state index contributed by atoms with van der Waals surface area (Å²) in [6, 6.07) is 4.04. The Morgan fingerprint density at radius 1 is 1.44 bits per heavy atom. The fourth-order valence-corrected chi connectivity index (χ4v) is 2.06. The zero-order valence-corrected chi connectivity index (χ0v) is 9.83. The van der Waals surface area contributed by atoms with Crippen LogP contribution in [0, 0.1) is 17.6 Å². The van der Waals surface area contributed by atoms with E-state index in [9.17, 15) is 13.6 Å². The van der Waals surface area contributed by atoms with Crippen molar-refractivity contribution in [3.8, 4) is 0 Å². The van der Waals surface area contributed by atoms with Crippen molar-refractivity contribution >= 4 is 5.91 Å². The monoisotopic (exact) mass is 255 g/mol. The quantitative estimate of drug-likeness (QED) is 0.785. The Morgan fingerprint density at radius 3 is 2.94 bits per heavy atom. The van der Waals surface area contributed by atoms with Crippen LogP contribution in [0.25, 0.3) is 0 Å². The molecule has 1 amide bonds. The molecule has 1 aliphatic carbocycles. The minimum Gasteiger partial charge on any atom is -0.396 e. The molecule has 0 bridgehead atoms. The molecule has 0 radical (unpaired) electrons. The Hall–Kier alpha value is -1.49. The summed E-state index contributed by atoms with van der Waals surface area (Å²) in [5, 5.41) is 11.3. The number of halogens is 2. The van der Waals surface area contributed by atoms with Gasteiger partial charge in [-0.3, -0.25) is 4.79 Å². The molecule has 1 aromatic rings. The van der Waals surface area contributed by atoms with Crippen molar-refractivity contribution in [1.29, 1.82) is 0 Å². The maximum Gasteiger partial charge on any atom is 0.223 e. The van der Waals surface area contributed by atoms with Gasteiger partial charge in [-0.25, -0.2) is 8.78 Å². The predicted molar refractivity (Wildman–Crippen MR) is 61.9 cm³/mol. The van der Waals surface area contributed by atoms with Crippen molar-refractivity contribution in [1.82, 2.24) is 5.32 Å². The molecule has 1 aliphatic rings. The second-order valence-corrected chi connectivity index (χ2v) is 4.46. The number of hydrogen-bond acceptors (Lipinski definition) is 2. The third kappa shape index (κ3) is 2.67. The number of aliphatic hydroxyl groups is 1. The van der Waals surface area contributed by atoms with Crippen molar-refractivity contribution in [2.24, 2.45) is 5.92 Å². The third-order valence-corrected chi connectivity index (χ3v) is 3.14. The number of carbonyl (C=O) groups excluding carboxylic acids is 1. The van der Waals surface area contributed by atoms with Crippen molar-refractivity contribution in [3.05, 3.63) is 35.4 Å². The Morgan fingerprint density at radius 2 is 2.22 bits per heavy atom. The molecule has 2 atom stereocenters. The lowest BCUT2D eigenvalue weighted by Gasteiger charge is -2.05. The van der Waals surface area contributed by atoms with Gasteiger partial charge in [0.25, 0.3) is 0 Å². The molecule has 2 rings (SSSR count). The first-order valence-electron chi connectivity index (χ1n) is 5.97. The standard InChI is InChI=1S/C13H15F2NO2/c14-11-4-1-3-8(12(11)15)9-7-10(9)13(18)16-5-2-6-17/h1,3-4,9-10,17H,2,5-7H2,(H,16,18). The van der Waals surface area contributed by atoms with Gasteiger partial charge in [0.15, 0.2) is 11.6 Å². The molecule has 3 nitrogen and oxygen atoms in total. The summed E-state index contributed by atoms with van der Waals surface area (Å²) in [4.78, 5) is 11.7. The van der Waals surface area contributed by atoms with Crippen LogP contribution >= 0.6 is 0 Å². The number of carbonyl (C=O) groups is 1. The van der Waals surface area contributed by atoms with Crippen LogP contribution in [0.4, 0.5) is 8.78 Å². The van der Waals surface area contributed by atoms with Crippen LogP contribution in [0.2, 0.25) is 0 Å². The van der Waals surface area contributed by atoms with Crippen LogP contribution < -0.4 is 5.32 Å². The van der Waals surface area contributed by atoms with E-state index in [1.807, 2.05) is 0 Å². The molecule has 5 heteroatoms. The van der Waals surface area contributed by atoms with Gasteiger partial charge in [-0.2, -0.15) is 0 Å². The van der Waals surface area contributed by atoms with E-state index in [4.69, 9.17) is 5.11 Å². The SMILES string of the molecule is O=C(NCCCO)C1CC1c1cccc(F)c1F. The van der Waals surface area contributed by atoms with E-state index < -0.39 is 11.6 Å². The molecule has 18 heavy (non-hydrogen) atoms. The van der Waals surface area contributed by atoms with Gasteiger partial charge in [0.2, 0.25) is 5.91 Å². The van der Waals surface area contributed by atoms with Gasteiger partial charge in [0.05, 0.1) is 0 Å². The summed E-state index contributed by atoms with van der Waals surface area (Å²) in [7, 11) is 0. The van der Waals surface area contributed by atoms with E-state index in [0.29, 0.717) is 19.4 Å². The highest BCUT2D eigenvalue weighted by Crippen LogP contribution is 2.48. The van der Waals surface area contributed by atoms with Gasteiger partial charge in [0.1, 0.15) is 0 Å². The maximum atomic E-state index is 13.5. The molecule has 0 heterocycles. The zero-order valence-electron chi connectivity index (χ0n) is 9.83. The number of benzene rings is 1. The number of aliphatic hydroxyl groups excluding tert-OH is 1. The summed E-state index contributed by atoms with van der Waals surface area (Å²) in [5.74, 6) is -2.39. The average Bonchev–Trinajstić information content (AvgIpc) is 3.13. The molecule has 1 aromatic carbocycles. The normalized spacial score (nSPS) is 21.7. The molecule has 2 unspecified atom stereocenters. The summed E-state index contributed by atoms with van der Waals surface area (Å²) in [6.07, 6.45) is 1.04. The average molecular weight is 255 g/mol. The highest BCUT2D eigenvalue weighted by atomic mass is 19.2. The molecule has 2 N–H and O–H groups in total. The second kappa shape index (κ2) is 5.44. The smallest absolute Gasteiger partial charge is 0.223 e. The second-order valence-electron chi connectivity index (χ2n) is 4.46. The molecule has 1 fully saturated rings. The first kappa shape index (κ1) is 13.0. The van der Waals surface area contributed by atoms with Crippen molar-refractivity contribution in [2.45, 2.75) is 18.8 Å². The van der Waals surface area contributed by atoms with Crippen LogP contribution in [0.15, 0.2) is 18.2 Å². The summed E-state index contributed by atoms with van der Waals surface area (Å²) < 4.78 is 26.5. The van der Waals surface area contributed by atoms with Gasteiger partial charge < -0.3 is 10.4 Å². The van der Waals surface area contributed by atoms with E-state index in [1.165, 1.54) is 12.1 Å². The minimum absolute atomic E-state index is 0.0207. The van der Waals surface area contributed by atoms with Crippen molar-refractivity contribution in [2.75, 3.05) is 13.2 Å². The molecule has 0 spiro atoms. The zero-order chi connectivity index (χ0) is 13.1. The molecule has 98 valence electrons. The Bertz CT molecular complexity index is 451. The largest absolute Gasteiger partial charge is 0.396 e. The summed E-state index contributed by atoms with van der Waals surface area (Å²) in [5.41, 5.74) is 0.275. The Kier molecular flexibility index (Phi) is 3.91. The van der Waals surface area contributed by atoms with Crippen LogP contribution in [-0.2, 0) is 4.79 Å². The van der Waals surface area contributed by atoms with Gasteiger partial charge in [-0.1, -0.05) is 12.1 Å². The van der Waals surface area contributed by atoms with E-state index >= 15 is 0 Å². The summed E-state index contributed by atoms with van der Waals surface area (Å²) >= 11 is 0. The van der Waals surface area contributed by atoms with E-state index in [2.05, 4.69) is 5.32 Å². The molecular weight excluding hydrogens is 240 g/mol. The molecule has 0 aliphatic heterocycles. The highest BCUT2D eigenvalue weighted by Gasteiger charge is 2.45. The number of amides is 1.